The van der Waals surface area contributed by atoms with Gasteiger partial charge in [-0.3, -0.25) is 4.79 Å². The lowest BCUT2D eigenvalue weighted by Crippen LogP contribution is -2.27. The van der Waals surface area contributed by atoms with E-state index < -0.39 is 0 Å². The minimum Gasteiger partial charge on any atom is -0.473 e. The van der Waals surface area contributed by atoms with Crippen molar-refractivity contribution in [2.75, 3.05) is 11.9 Å². The van der Waals surface area contributed by atoms with E-state index in [1.54, 1.807) is 24.4 Å². The van der Waals surface area contributed by atoms with E-state index in [1.165, 1.54) is 5.56 Å². The Balaban J connectivity index is 1.69. The molecule has 0 spiro atoms. The number of nitrogens with one attached hydrogen (secondary N) is 1. The highest BCUT2D eigenvalue weighted by molar-refractivity contribution is 6.01. The first-order valence-corrected chi connectivity index (χ1v) is 7.72. The van der Waals surface area contributed by atoms with Crippen molar-refractivity contribution in [2.24, 2.45) is 0 Å². The summed E-state index contributed by atoms with van der Waals surface area (Å²) in [4.78, 5) is 16.8. The van der Waals surface area contributed by atoms with Crippen molar-refractivity contribution in [3.05, 3.63) is 66.4 Å². The van der Waals surface area contributed by atoms with Crippen molar-refractivity contribution in [3.63, 3.8) is 0 Å². The number of aryl methyl sites for hydroxylation is 1. The molecule has 0 bridgehead atoms. The van der Waals surface area contributed by atoms with E-state index in [4.69, 9.17) is 4.74 Å². The summed E-state index contributed by atoms with van der Waals surface area (Å²) in [7, 11) is 0. The lowest BCUT2D eigenvalue weighted by atomic mass is 9.94. The molecule has 1 aromatic heterocycles. The largest absolute Gasteiger partial charge is 0.473 e. The molecular weight excluding hydrogens is 288 g/mol. The maximum atomic E-state index is 12.7. The van der Waals surface area contributed by atoms with Crippen LogP contribution in [0.1, 0.15) is 24.0 Å². The molecule has 1 amide bonds. The molecule has 2 aromatic rings. The monoisotopic (exact) mass is 308 g/mol. The highest BCUT2D eigenvalue weighted by Gasteiger charge is 2.51. The number of ether oxygens (including phenoxy) is 1. The van der Waals surface area contributed by atoms with Gasteiger partial charge in [0.15, 0.2) is 0 Å². The number of hydrogen-bond acceptors (Lipinski definition) is 3. The molecule has 1 aromatic carbocycles. The van der Waals surface area contributed by atoms with Crippen LogP contribution in [0.3, 0.4) is 0 Å². The number of carbonyl (C=O) groups is 1. The summed E-state index contributed by atoms with van der Waals surface area (Å²) in [5.41, 5.74) is 2.58. The van der Waals surface area contributed by atoms with Crippen molar-refractivity contribution in [3.8, 4) is 5.88 Å². The van der Waals surface area contributed by atoms with Gasteiger partial charge in [-0.1, -0.05) is 42.5 Å². The molecule has 118 valence electrons. The Morgan fingerprint density at radius 1 is 1.30 bits per heavy atom. The Morgan fingerprint density at radius 3 is 2.61 bits per heavy atom. The van der Waals surface area contributed by atoms with Gasteiger partial charge in [0.1, 0.15) is 6.61 Å². The molecule has 1 aliphatic rings. The van der Waals surface area contributed by atoms with Crippen LogP contribution in [0, 0.1) is 6.92 Å². The third-order valence-corrected chi connectivity index (χ3v) is 4.13. The van der Waals surface area contributed by atoms with Crippen LogP contribution in [0.25, 0.3) is 0 Å². The minimum atomic E-state index is -0.383. The number of benzene rings is 1. The number of pyridine rings is 1. The molecule has 3 rings (SSSR count). The molecule has 0 unspecified atom stereocenters. The maximum Gasteiger partial charge on any atom is 0.235 e. The first-order chi connectivity index (χ1) is 11.1. The van der Waals surface area contributed by atoms with Gasteiger partial charge < -0.3 is 10.1 Å². The third kappa shape index (κ3) is 3.26. The molecule has 1 fully saturated rings. The van der Waals surface area contributed by atoms with Crippen molar-refractivity contribution in [2.45, 2.75) is 25.2 Å². The van der Waals surface area contributed by atoms with E-state index >= 15 is 0 Å². The molecule has 0 radical (unpaired) electrons. The highest BCUT2D eigenvalue weighted by Crippen LogP contribution is 2.49. The lowest BCUT2D eigenvalue weighted by molar-refractivity contribution is -0.118. The van der Waals surface area contributed by atoms with Crippen LogP contribution in [-0.2, 0) is 10.2 Å². The zero-order valence-corrected chi connectivity index (χ0v) is 13.2. The fourth-order valence-electron chi connectivity index (χ4n) is 2.58. The topological polar surface area (TPSA) is 51.2 Å². The summed E-state index contributed by atoms with van der Waals surface area (Å²) in [5.74, 6) is 0.547. The summed E-state index contributed by atoms with van der Waals surface area (Å²) < 4.78 is 5.33. The second kappa shape index (κ2) is 6.24. The van der Waals surface area contributed by atoms with E-state index in [0.717, 1.165) is 18.4 Å². The van der Waals surface area contributed by atoms with Crippen molar-refractivity contribution in [1.29, 1.82) is 0 Å². The van der Waals surface area contributed by atoms with Crippen LogP contribution in [0.15, 0.2) is 55.3 Å². The molecular formula is C19H20N2O2. The zero-order chi connectivity index (χ0) is 16.3. The number of carbonyl (C=O) groups excluding carboxylic acids is 1. The number of rotatable bonds is 6. The smallest absolute Gasteiger partial charge is 0.235 e. The minimum absolute atomic E-state index is 0.0305. The molecule has 4 heteroatoms. The van der Waals surface area contributed by atoms with E-state index in [9.17, 15) is 4.79 Å². The Labute approximate surface area is 136 Å². The predicted molar refractivity (Wildman–Crippen MR) is 90.6 cm³/mol. The van der Waals surface area contributed by atoms with Crippen LogP contribution in [0.2, 0.25) is 0 Å². The lowest BCUT2D eigenvalue weighted by Gasteiger charge is -2.16. The predicted octanol–water partition coefficient (Wildman–Crippen LogP) is 3.63. The number of amides is 1. The molecule has 23 heavy (non-hydrogen) atoms. The fraction of sp³-hybridized carbons (Fsp3) is 0.263. The van der Waals surface area contributed by atoms with Gasteiger partial charge in [0.25, 0.3) is 0 Å². The first-order valence-electron chi connectivity index (χ1n) is 7.72. The van der Waals surface area contributed by atoms with Crippen molar-refractivity contribution in [1.82, 2.24) is 4.98 Å². The van der Waals surface area contributed by atoms with E-state index in [2.05, 4.69) is 29.0 Å². The summed E-state index contributed by atoms with van der Waals surface area (Å²) in [5, 5.41) is 2.96. The number of aromatic nitrogens is 1. The molecule has 1 aliphatic carbocycles. The Hall–Kier alpha value is -2.62. The van der Waals surface area contributed by atoms with Gasteiger partial charge in [-0.25, -0.2) is 4.98 Å². The van der Waals surface area contributed by atoms with Gasteiger partial charge in [-0.05, 0) is 31.4 Å². The maximum absolute atomic E-state index is 12.7. The second-order valence-corrected chi connectivity index (χ2v) is 5.89. The summed E-state index contributed by atoms with van der Waals surface area (Å²) >= 11 is 0. The summed E-state index contributed by atoms with van der Waals surface area (Å²) in [6.07, 6.45) is 5.04. The average molecular weight is 308 g/mol. The molecule has 0 saturated heterocycles. The third-order valence-electron chi connectivity index (χ3n) is 4.13. The van der Waals surface area contributed by atoms with Crippen LogP contribution < -0.4 is 10.1 Å². The first kappa shape index (κ1) is 15.3. The van der Waals surface area contributed by atoms with Crippen LogP contribution in [0.5, 0.6) is 5.88 Å². The number of nitrogens with zero attached hydrogens (tertiary/aromatic N) is 1. The van der Waals surface area contributed by atoms with Gasteiger partial charge in [0.05, 0.1) is 17.3 Å². The van der Waals surface area contributed by atoms with Crippen LogP contribution in [0.4, 0.5) is 5.69 Å². The van der Waals surface area contributed by atoms with Gasteiger partial charge in [0, 0.05) is 6.07 Å². The number of anilines is 1. The van der Waals surface area contributed by atoms with Crippen molar-refractivity contribution >= 4 is 11.6 Å². The SMILES string of the molecule is C=CCOc1ccc(NC(=O)C2(c3ccc(C)cc3)CC2)cn1. The normalized spacial score (nSPS) is 14.8. The molecule has 1 heterocycles. The summed E-state index contributed by atoms with van der Waals surface area (Å²) in [6, 6.07) is 11.7. The Kier molecular flexibility index (Phi) is 4.15. The molecule has 4 nitrogen and oxygen atoms in total. The standard InChI is InChI=1S/C19H20N2O2/c1-3-12-23-17-9-8-16(13-20-17)21-18(22)19(10-11-19)15-6-4-14(2)5-7-15/h3-9,13H,1,10-12H2,2H3,(H,21,22). The van der Waals surface area contributed by atoms with E-state index in [-0.39, 0.29) is 11.3 Å². The average Bonchev–Trinajstić information content (AvgIpc) is 3.37. The van der Waals surface area contributed by atoms with Gasteiger partial charge in [-0.2, -0.15) is 0 Å². The Morgan fingerprint density at radius 2 is 2.04 bits per heavy atom. The Bertz CT molecular complexity index is 701. The molecule has 1 saturated carbocycles. The number of hydrogen-bond donors (Lipinski definition) is 1. The van der Waals surface area contributed by atoms with Gasteiger partial charge >= 0.3 is 0 Å². The molecule has 1 N–H and O–H groups in total. The van der Waals surface area contributed by atoms with Crippen LogP contribution in [-0.4, -0.2) is 17.5 Å². The van der Waals surface area contributed by atoms with Gasteiger partial charge in [0.2, 0.25) is 11.8 Å². The second-order valence-electron chi connectivity index (χ2n) is 5.89. The van der Waals surface area contributed by atoms with Crippen molar-refractivity contribution < 1.29 is 9.53 Å². The molecule has 0 atom stereocenters. The summed E-state index contributed by atoms with van der Waals surface area (Å²) in [6.45, 7) is 6.05. The van der Waals surface area contributed by atoms with Crippen LogP contribution >= 0.6 is 0 Å². The fourth-order valence-corrected chi connectivity index (χ4v) is 2.58. The highest BCUT2D eigenvalue weighted by atomic mass is 16.5. The van der Waals surface area contributed by atoms with E-state index in [1.807, 2.05) is 19.1 Å². The van der Waals surface area contributed by atoms with E-state index in [0.29, 0.717) is 18.2 Å². The quantitative estimate of drug-likeness (QED) is 0.829. The zero-order valence-electron chi connectivity index (χ0n) is 13.2. The van der Waals surface area contributed by atoms with Gasteiger partial charge in [-0.15, -0.1) is 0 Å². The molecule has 0 aliphatic heterocycles.